The summed E-state index contributed by atoms with van der Waals surface area (Å²) in [7, 11) is 0. The van der Waals surface area contributed by atoms with E-state index >= 15 is 0 Å². The Labute approximate surface area is 118 Å². The number of rotatable bonds is 4. The third-order valence-electron chi connectivity index (χ3n) is 4.52. The fraction of sp³-hybridized carbons (Fsp3) is 1.00. The molecule has 2 rings (SSSR count). The van der Waals surface area contributed by atoms with Crippen molar-refractivity contribution in [3.05, 3.63) is 0 Å². The summed E-state index contributed by atoms with van der Waals surface area (Å²) in [6.45, 7) is 8.87. The molecule has 0 saturated carbocycles. The molecule has 19 heavy (non-hydrogen) atoms. The minimum absolute atomic E-state index is 0.0518. The highest BCUT2D eigenvalue weighted by Gasteiger charge is 2.29. The summed E-state index contributed by atoms with van der Waals surface area (Å²) in [6, 6.07) is 1.96. The van der Waals surface area contributed by atoms with Crippen LogP contribution in [0.15, 0.2) is 0 Å². The van der Waals surface area contributed by atoms with E-state index in [1.807, 2.05) is 0 Å². The van der Waals surface area contributed by atoms with E-state index in [1.165, 1.54) is 38.6 Å². The van der Waals surface area contributed by atoms with Crippen LogP contribution in [0.5, 0.6) is 0 Å². The quantitative estimate of drug-likeness (QED) is 0.822. The maximum atomic E-state index is 5.79. The normalized spacial score (nSPS) is 33.6. The minimum atomic E-state index is 0.0518. The Hall–Kier alpha value is -0.120. The van der Waals surface area contributed by atoms with Crippen molar-refractivity contribution < 1.29 is 4.74 Å². The van der Waals surface area contributed by atoms with Crippen molar-refractivity contribution >= 4 is 0 Å². The van der Waals surface area contributed by atoms with Crippen molar-refractivity contribution in [2.75, 3.05) is 13.2 Å². The van der Waals surface area contributed by atoms with Gasteiger partial charge in [0.2, 0.25) is 0 Å². The van der Waals surface area contributed by atoms with E-state index in [1.54, 1.807) is 0 Å². The van der Waals surface area contributed by atoms with Gasteiger partial charge in [0.1, 0.15) is 0 Å². The monoisotopic (exact) mass is 268 g/mol. The molecule has 2 saturated heterocycles. The number of hydrogen-bond donors (Lipinski definition) is 2. The molecule has 0 amide bonds. The van der Waals surface area contributed by atoms with Gasteiger partial charge >= 0.3 is 0 Å². The first-order chi connectivity index (χ1) is 9.05. The third-order valence-corrected chi connectivity index (χ3v) is 4.52. The smallest absolute Gasteiger partial charge is 0.0641 e. The van der Waals surface area contributed by atoms with Gasteiger partial charge in [-0.1, -0.05) is 12.8 Å². The summed E-state index contributed by atoms with van der Waals surface area (Å²) < 4.78 is 5.79. The second kappa shape index (κ2) is 7.05. The fourth-order valence-electron chi connectivity index (χ4n) is 3.57. The lowest BCUT2D eigenvalue weighted by atomic mass is 9.93. The van der Waals surface area contributed by atoms with Crippen molar-refractivity contribution in [2.24, 2.45) is 0 Å². The molecule has 2 N–H and O–H groups in total. The summed E-state index contributed by atoms with van der Waals surface area (Å²) in [5.74, 6) is 0. The van der Waals surface area contributed by atoms with Crippen LogP contribution in [0, 0.1) is 0 Å². The van der Waals surface area contributed by atoms with Crippen LogP contribution >= 0.6 is 0 Å². The fourth-order valence-corrected chi connectivity index (χ4v) is 3.57. The molecule has 0 aromatic carbocycles. The van der Waals surface area contributed by atoms with Gasteiger partial charge in [-0.05, 0) is 59.4 Å². The lowest BCUT2D eigenvalue weighted by Gasteiger charge is -2.37. The van der Waals surface area contributed by atoms with E-state index in [4.69, 9.17) is 4.74 Å². The van der Waals surface area contributed by atoms with E-state index in [0.717, 1.165) is 25.5 Å². The van der Waals surface area contributed by atoms with Crippen molar-refractivity contribution in [1.29, 1.82) is 0 Å². The van der Waals surface area contributed by atoms with E-state index < -0.39 is 0 Å². The minimum Gasteiger partial charge on any atom is -0.375 e. The standard InChI is InChI=1S/C16H32N2O/c1-13(11-14-7-5-4-6-9-17-14)18-15-8-10-19-16(2,3)12-15/h13-15,17-18H,4-12H2,1-3H3. The second-order valence-electron chi connectivity index (χ2n) is 7.10. The summed E-state index contributed by atoms with van der Waals surface area (Å²) in [6.07, 6.45) is 9.06. The van der Waals surface area contributed by atoms with Crippen molar-refractivity contribution in [3.63, 3.8) is 0 Å². The lowest BCUT2D eigenvalue weighted by Crippen LogP contribution is -2.48. The summed E-state index contributed by atoms with van der Waals surface area (Å²) in [4.78, 5) is 0. The zero-order chi connectivity index (χ0) is 13.7. The molecule has 2 heterocycles. The van der Waals surface area contributed by atoms with Crippen molar-refractivity contribution in [2.45, 2.75) is 89.4 Å². The van der Waals surface area contributed by atoms with Crippen molar-refractivity contribution in [1.82, 2.24) is 10.6 Å². The molecule has 0 spiro atoms. The van der Waals surface area contributed by atoms with Crippen molar-refractivity contribution in [3.8, 4) is 0 Å². The SMILES string of the molecule is CC(CC1CCCCCN1)NC1CCOC(C)(C)C1. The Kier molecular flexibility index (Phi) is 5.67. The van der Waals surface area contributed by atoms with Crippen LogP contribution in [0.4, 0.5) is 0 Å². The van der Waals surface area contributed by atoms with Crippen LogP contribution in [0.3, 0.4) is 0 Å². The predicted octanol–water partition coefficient (Wildman–Crippen LogP) is 2.84. The van der Waals surface area contributed by atoms with Gasteiger partial charge in [0.25, 0.3) is 0 Å². The molecule has 0 radical (unpaired) electrons. The van der Waals surface area contributed by atoms with Crippen LogP contribution in [0.25, 0.3) is 0 Å². The Morgan fingerprint density at radius 1 is 1.26 bits per heavy atom. The topological polar surface area (TPSA) is 33.3 Å². The largest absolute Gasteiger partial charge is 0.375 e. The van der Waals surface area contributed by atoms with Gasteiger partial charge in [0, 0.05) is 24.7 Å². The first-order valence-corrected chi connectivity index (χ1v) is 8.18. The van der Waals surface area contributed by atoms with Crippen LogP contribution < -0.4 is 10.6 Å². The molecule has 3 unspecified atom stereocenters. The average molecular weight is 268 g/mol. The van der Waals surface area contributed by atoms with Gasteiger partial charge in [0.15, 0.2) is 0 Å². The molecule has 2 aliphatic rings. The molecule has 0 aromatic heterocycles. The Morgan fingerprint density at radius 2 is 2.11 bits per heavy atom. The van der Waals surface area contributed by atoms with Gasteiger partial charge in [-0.2, -0.15) is 0 Å². The molecule has 112 valence electrons. The maximum absolute atomic E-state index is 5.79. The molecule has 0 bridgehead atoms. The molecule has 0 aromatic rings. The summed E-state index contributed by atoms with van der Waals surface area (Å²) >= 11 is 0. The Bertz CT molecular complexity index is 259. The first kappa shape index (κ1) is 15.3. The van der Waals surface area contributed by atoms with E-state index in [2.05, 4.69) is 31.4 Å². The molecule has 2 aliphatic heterocycles. The molecule has 0 aliphatic carbocycles. The van der Waals surface area contributed by atoms with Gasteiger partial charge in [-0.3, -0.25) is 0 Å². The molecule has 2 fully saturated rings. The molecule has 3 atom stereocenters. The third kappa shape index (κ3) is 5.41. The Balaban J connectivity index is 1.72. The molecular weight excluding hydrogens is 236 g/mol. The van der Waals surface area contributed by atoms with Crippen LogP contribution in [0.1, 0.15) is 65.7 Å². The Morgan fingerprint density at radius 3 is 2.89 bits per heavy atom. The lowest BCUT2D eigenvalue weighted by molar-refractivity contribution is -0.0641. The van der Waals surface area contributed by atoms with Gasteiger partial charge in [0.05, 0.1) is 5.60 Å². The predicted molar refractivity (Wildman–Crippen MR) is 80.5 cm³/mol. The van der Waals surface area contributed by atoms with Gasteiger partial charge in [-0.15, -0.1) is 0 Å². The molecule has 3 nitrogen and oxygen atoms in total. The highest BCUT2D eigenvalue weighted by molar-refractivity contribution is 4.85. The zero-order valence-electron chi connectivity index (χ0n) is 13.0. The summed E-state index contributed by atoms with van der Waals surface area (Å²) in [5.41, 5.74) is 0.0518. The first-order valence-electron chi connectivity index (χ1n) is 8.18. The van der Waals surface area contributed by atoms with E-state index in [9.17, 15) is 0 Å². The highest BCUT2D eigenvalue weighted by atomic mass is 16.5. The second-order valence-corrected chi connectivity index (χ2v) is 7.10. The number of ether oxygens (including phenoxy) is 1. The van der Waals surface area contributed by atoms with E-state index in [0.29, 0.717) is 12.1 Å². The number of hydrogen-bond acceptors (Lipinski definition) is 3. The van der Waals surface area contributed by atoms with Gasteiger partial charge < -0.3 is 15.4 Å². The van der Waals surface area contributed by atoms with E-state index in [-0.39, 0.29) is 5.60 Å². The molecule has 3 heteroatoms. The van der Waals surface area contributed by atoms with Gasteiger partial charge in [-0.25, -0.2) is 0 Å². The van der Waals surface area contributed by atoms with Crippen LogP contribution in [0.2, 0.25) is 0 Å². The maximum Gasteiger partial charge on any atom is 0.0641 e. The average Bonchev–Trinajstić information content (AvgIpc) is 2.56. The van der Waals surface area contributed by atoms with Crippen LogP contribution in [-0.4, -0.2) is 36.9 Å². The summed E-state index contributed by atoms with van der Waals surface area (Å²) in [5, 5.41) is 7.52. The zero-order valence-corrected chi connectivity index (χ0v) is 13.0. The highest BCUT2D eigenvalue weighted by Crippen LogP contribution is 2.24. The molecular formula is C16H32N2O. The number of nitrogens with one attached hydrogen (secondary N) is 2. The van der Waals surface area contributed by atoms with Crippen LogP contribution in [-0.2, 0) is 4.74 Å².